The van der Waals surface area contributed by atoms with Gasteiger partial charge in [0.25, 0.3) is 11.5 Å². The van der Waals surface area contributed by atoms with Gasteiger partial charge in [0.2, 0.25) is 5.95 Å². The third kappa shape index (κ3) is 5.84. The van der Waals surface area contributed by atoms with Crippen LogP contribution in [0, 0.1) is 19.7 Å². The van der Waals surface area contributed by atoms with E-state index in [9.17, 15) is 14.0 Å². The Morgan fingerprint density at radius 1 is 1.10 bits per heavy atom. The Balaban J connectivity index is 1.48. The molecule has 1 saturated heterocycles. The quantitative estimate of drug-likeness (QED) is 0.234. The zero-order valence-corrected chi connectivity index (χ0v) is 25.5. The molecule has 1 fully saturated rings. The lowest BCUT2D eigenvalue weighted by atomic mass is 10.0. The predicted molar refractivity (Wildman–Crippen MR) is 165 cm³/mol. The maximum atomic E-state index is 14.4. The van der Waals surface area contributed by atoms with Crippen LogP contribution in [0.5, 0.6) is 0 Å². The summed E-state index contributed by atoms with van der Waals surface area (Å²) in [7, 11) is 1.71. The van der Waals surface area contributed by atoms with E-state index in [1.165, 1.54) is 18.1 Å². The maximum Gasteiger partial charge on any atom is 0.281 e. The molecule has 1 aliphatic heterocycles. The van der Waals surface area contributed by atoms with Gasteiger partial charge in [-0.05, 0) is 44.5 Å². The highest BCUT2D eigenvalue weighted by atomic mass is 35.5. The summed E-state index contributed by atoms with van der Waals surface area (Å²) in [6, 6.07) is 6.80. The van der Waals surface area contributed by atoms with Crippen molar-refractivity contribution in [3.8, 4) is 0 Å². The normalized spacial score (nSPS) is 14.3. The number of piperazine rings is 1. The summed E-state index contributed by atoms with van der Waals surface area (Å²) in [5, 5.41) is 4.07. The van der Waals surface area contributed by atoms with Gasteiger partial charge < -0.3 is 15.1 Å². The zero-order valence-electron chi connectivity index (χ0n) is 23.9. The van der Waals surface area contributed by atoms with Crippen molar-refractivity contribution in [1.82, 2.24) is 29.2 Å². The standard InChI is InChI=1S/C28H31ClFN9O2S/c1-15-12-18(16(2)32-21-6-7-22(29)34-24(21)26(40)36-42-5)23-19(13-15)27(41)37(4)28(35-23)39-10-8-38(9-11-39)25-20(30)14-31-17(3)33-25/h6-7,12-14,16,32H,8-11H2,1-5H3,(H,36,40). The fraction of sp³-hybridized carbons (Fsp3) is 0.357. The second-order valence-corrected chi connectivity index (χ2v) is 11.1. The highest BCUT2D eigenvalue weighted by Crippen LogP contribution is 2.29. The monoisotopic (exact) mass is 611 g/mol. The number of carbonyl (C=O) groups excluding carboxylic acids is 1. The third-order valence-electron chi connectivity index (χ3n) is 7.15. The van der Waals surface area contributed by atoms with Crippen molar-refractivity contribution in [3.05, 3.63) is 74.4 Å². The van der Waals surface area contributed by atoms with E-state index < -0.39 is 5.82 Å². The molecule has 14 heteroatoms. The summed E-state index contributed by atoms with van der Waals surface area (Å²) in [6.45, 7) is 7.65. The Kier molecular flexibility index (Phi) is 8.50. The number of hydrogen-bond acceptors (Lipinski definition) is 10. The van der Waals surface area contributed by atoms with Gasteiger partial charge in [-0.15, -0.1) is 0 Å². The van der Waals surface area contributed by atoms with Crippen LogP contribution in [0.15, 0.2) is 35.3 Å². The van der Waals surface area contributed by atoms with Crippen LogP contribution in [-0.2, 0) is 7.05 Å². The molecule has 42 heavy (non-hydrogen) atoms. The molecule has 1 aromatic carbocycles. The molecule has 0 radical (unpaired) electrons. The van der Waals surface area contributed by atoms with Crippen molar-refractivity contribution in [1.29, 1.82) is 0 Å². The summed E-state index contributed by atoms with van der Waals surface area (Å²) in [5.74, 6) is 0.472. The average molecular weight is 612 g/mol. The summed E-state index contributed by atoms with van der Waals surface area (Å²) in [4.78, 5) is 47.6. The fourth-order valence-corrected chi connectivity index (χ4v) is 5.54. The van der Waals surface area contributed by atoms with Crippen LogP contribution in [0.4, 0.5) is 21.8 Å². The number of fused-ring (bicyclic) bond motifs is 1. The third-order valence-corrected chi connectivity index (χ3v) is 7.75. The minimum atomic E-state index is -0.461. The van der Waals surface area contributed by atoms with Crippen LogP contribution in [0.25, 0.3) is 10.9 Å². The Morgan fingerprint density at radius 3 is 2.52 bits per heavy atom. The van der Waals surface area contributed by atoms with Crippen molar-refractivity contribution >= 4 is 57.8 Å². The van der Waals surface area contributed by atoms with Crippen LogP contribution < -0.4 is 25.4 Å². The molecule has 0 spiro atoms. The minimum absolute atomic E-state index is 0.165. The summed E-state index contributed by atoms with van der Waals surface area (Å²) < 4.78 is 18.7. The van der Waals surface area contributed by atoms with E-state index in [1.807, 2.05) is 35.8 Å². The van der Waals surface area contributed by atoms with Crippen LogP contribution >= 0.6 is 23.5 Å². The van der Waals surface area contributed by atoms with Crippen LogP contribution in [0.3, 0.4) is 0 Å². The second-order valence-electron chi connectivity index (χ2n) is 10.1. The largest absolute Gasteiger partial charge is 0.377 e. The zero-order chi connectivity index (χ0) is 30.1. The molecule has 5 rings (SSSR count). The first-order valence-electron chi connectivity index (χ1n) is 13.3. The molecular formula is C28H31ClFN9O2S. The molecule has 11 nitrogen and oxygen atoms in total. The lowest BCUT2D eigenvalue weighted by Crippen LogP contribution is -2.49. The highest BCUT2D eigenvalue weighted by Gasteiger charge is 2.26. The molecule has 1 amide bonds. The lowest BCUT2D eigenvalue weighted by molar-refractivity contribution is 0.0980. The van der Waals surface area contributed by atoms with E-state index in [0.29, 0.717) is 54.5 Å². The Labute approximate surface area is 251 Å². The minimum Gasteiger partial charge on any atom is -0.377 e. The molecular weight excluding hydrogens is 581 g/mol. The molecule has 1 aliphatic rings. The van der Waals surface area contributed by atoms with Gasteiger partial charge in [-0.2, -0.15) is 0 Å². The molecule has 220 valence electrons. The number of pyridine rings is 1. The van der Waals surface area contributed by atoms with Gasteiger partial charge >= 0.3 is 0 Å². The summed E-state index contributed by atoms with van der Waals surface area (Å²) >= 11 is 7.26. The Bertz CT molecular complexity index is 1730. The molecule has 4 aromatic rings. The van der Waals surface area contributed by atoms with Gasteiger partial charge in [0.1, 0.15) is 11.0 Å². The number of aryl methyl sites for hydroxylation is 2. The number of hydrogen-bond donors (Lipinski definition) is 2. The van der Waals surface area contributed by atoms with Crippen molar-refractivity contribution in [2.75, 3.05) is 47.6 Å². The van der Waals surface area contributed by atoms with E-state index >= 15 is 0 Å². The van der Waals surface area contributed by atoms with Crippen LogP contribution in [-0.4, -0.2) is 62.8 Å². The highest BCUT2D eigenvalue weighted by molar-refractivity contribution is 7.97. The van der Waals surface area contributed by atoms with Gasteiger partial charge in [0, 0.05) is 45.0 Å². The van der Waals surface area contributed by atoms with Gasteiger partial charge in [-0.1, -0.05) is 29.6 Å². The number of anilines is 3. The molecule has 0 saturated carbocycles. The summed E-state index contributed by atoms with van der Waals surface area (Å²) in [6.07, 6.45) is 2.94. The fourth-order valence-electron chi connectivity index (χ4n) is 5.11. The molecule has 0 aliphatic carbocycles. The van der Waals surface area contributed by atoms with Gasteiger partial charge in [-0.3, -0.25) is 18.9 Å². The first kappa shape index (κ1) is 29.5. The van der Waals surface area contributed by atoms with Crippen molar-refractivity contribution < 1.29 is 9.18 Å². The molecule has 2 N–H and O–H groups in total. The maximum absolute atomic E-state index is 14.4. The molecule has 0 bridgehead atoms. The SMILES string of the molecule is CSNC(=O)c1nc(Cl)ccc1NC(C)c1cc(C)cc2c(=O)n(C)c(N3CCN(c4nc(C)ncc4F)CC3)nc12. The Hall–Kier alpha value is -3.97. The van der Waals surface area contributed by atoms with Crippen molar-refractivity contribution in [3.63, 3.8) is 0 Å². The Morgan fingerprint density at radius 2 is 1.81 bits per heavy atom. The van der Waals surface area contributed by atoms with Crippen molar-refractivity contribution in [2.24, 2.45) is 7.05 Å². The first-order chi connectivity index (χ1) is 20.1. The number of aromatic nitrogens is 5. The van der Waals surface area contributed by atoms with Gasteiger partial charge in [0.15, 0.2) is 17.3 Å². The number of halogens is 2. The van der Waals surface area contributed by atoms with E-state index in [-0.39, 0.29) is 34.2 Å². The number of rotatable bonds is 7. The molecule has 1 atom stereocenters. The van der Waals surface area contributed by atoms with Crippen molar-refractivity contribution in [2.45, 2.75) is 26.8 Å². The van der Waals surface area contributed by atoms with E-state index in [0.717, 1.165) is 11.1 Å². The smallest absolute Gasteiger partial charge is 0.281 e. The summed E-state index contributed by atoms with van der Waals surface area (Å²) in [5.41, 5.74) is 2.77. The number of amides is 1. The van der Waals surface area contributed by atoms with Gasteiger partial charge in [-0.25, -0.2) is 24.3 Å². The van der Waals surface area contributed by atoms with E-state index in [2.05, 4.69) is 25.0 Å². The van der Waals surface area contributed by atoms with Crippen LogP contribution in [0.1, 0.15) is 40.4 Å². The topological polar surface area (TPSA) is 121 Å². The number of carbonyl (C=O) groups is 1. The molecule has 1 unspecified atom stereocenters. The first-order valence-corrected chi connectivity index (χ1v) is 14.9. The molecule has 4 heterocycles. The number of benzene rings is 1. The number of nitrogens with zero attached hydrogens (tertiary/aromatic N) is 7. The lowest BCUT2D eigenvalue weighted by Gasteiger charge is -2.36. The van der Waals surface area contributed by atoms with Gasteiger partial charge in [0.05, 0.1) is 28.8 Å². The van der Waals surface area contributed by atoms with Crippen LogP contribution in [0.2, 0.25) is 5.15 Å². The van der Waals surface area contributed by atoms with E-state index in [1.54, 1.807) is 36.9 Å². The number of nitrogens with one attached hydrogen (secondary N) is 2. The predicted octanol–water partition coefficient (Wildman–Crippen LogP) is 4.04. The van der Waals surface area contributed by atoms with E-state index in [4.69, 9.17) is 16.6 Å². The molecule has 3 aromatic heterocycles. The second kappa shape index (κ2) is 12.1. The average Bonchev–Trinajstić information content (AvgIpc) is 2.97.